The van der Waals surface area contributed by atoms with Crippen LogP contribution in [0.25, 0.3) is 0 Å². The van der Waals surface area contributed by atoms with Crippen LogP contribution < -0.4 is 5.32 Å². The van der Waals surface area contributed by atoms with Crippen LogP contribution in [0.15, 0.2) is 30.3 Å². The zero-order valence-corrected chi connectivity index (χ0v) is 13.2. The Morgan fingerprint density at radius 2 is 2.00 bits per heavy atom. The highest BCUT2D eigenvalue weighted by molar-refractivity contribution is 5.85. The third kappa shape index (κ3) is 3.44. The lowest BCUT2D eigenvalue weighted by Gasteiger charge is -2.32. The van der Waals surface area contributed by atoms with Crippen LogP contribution in [0.1, 0.15) is 44.8 Å². The maximum Gasteiger partial charge on any atom is 0.241 e. The molecule has 1 aromatic carbocycles. The van der Waals surface area contributed by atoms with Crippen molar-refractivity contribution in [3.8, 4) is 0 Å². The van der Waals surface area contributed by atoms with Crippen molar-refractivity contribution in [1.82, 2.24) is 10.2 Å². The van der Waals surface area contributed by atoms with Gasteiger partial charge in [-0.15, -0.1) is 0 Å². The van der Waals surface area contributed by atoms with Gasteiger partial charge in [-0.2, -0.15) is 0 Å². The van der Waals surface area contributed by atoms with Gasteiger partial charge in [0.2, 0.25) is 5.91 Å². The minimum atomic E-state index is -0.0777. The van der Waals surface area contributed by atoms with E-state index in [-0.39, 0.29) is 24.2 Å². The smallest absolute Gasteiger partial charge is 0.241 e. The molecule has 0 aliphatic carbocycles. The van der Waals surface area contributed by atoms with Gasteiger partial charge in [-0.05, 0) is 18.4 Å². The van der Waals surface area contributed by atoms with E-state index in [1.54, 1.807) is 7.11 Å². The van der Waals surface area contributed by atoms with Crippen molar-refractivity contribution in [2.75, 3.05) is 13.7 Å². The van der Waals surface area contributed by atoms with Gasteiger partial charge < -0.3 is 9.64 Å². The molecule has 1 aromatic rings. The number of nitrogens with zero attached hydrogens (tertiary/aromatic N) is 1. The molecule has 0 radical (unpaired) electrons. The van der Waals surface area contributed by atoms with E-state index in [0.29, 0.717) is 6.61 Å². The number of rotatable bonds is 7. The van der Waals surface area contributed by atoms with Gasteiger partial charge >= 0.3 is 0 Å². The Bertz CT molecular complexity index is 449. The molecule has 3 atom stereocenters. The van der Waals surface area contributed by atoms with Crippen molar-refractivity contribution >= 4 is 5.91 Å². The molecular weight excluding hydrogens is 264 g/mol. The second-order valence-electron chi connectivity index (χ2n) is 5.58. The highest BCUT2D eigenvalue weighted by Crippen LogP contribution is 2.30. The molecule has 1 N–H and O–H groups in total. The average Bonchev–Trinajstić information content (AvgIpc) is 2.83. The van der Waals surface area contributed by atoms with E-state index in [9.17, 15) is 4.79 Å². The Morgan fingerprint density at radius 3 is 2.57 bits per heavy atom. The molecule has 21 heavy (non-hydrogen) atoms. The Balaban J connectivity index is 2.28. The summed E-state index contributed by atoms with van der Waals surface area (Å²) >= 11 is 0. The van der Waals surface area contributed by atoms with E-state index in [0.717, 1.165) is 24.8 Å². The van der Waals surface area contributed by atoms with Crippen LogP contribution in [0.4, 0.5) is 0 Å². The largest absolute Gasteiger partial charge is 0.383 e. The normalized spacial score (nSPS) is 23.6. The first-order chi connectivity index (χ1) is 10.2. The van der Waals surface area contributed by atoms with E-state index in [4.69, 9.17) is 4.74 Å². The Hall–Kier alpha value is -1.39. The number of amides is 1. The summed E-state index contributed by atoms with van der Waals surface area (Å²) in [6, 6.07) is 10.2. The summed E-state index contributed by atoms with van der Waals surface area (Å²) in [4.78, 5) is 14.7. The third-order valence-electron chi connectivity index (χ3n) is 4.11. The van der Waals surface area contributed by atoms with Gasteiger partial charge in [0.25, 0.3) is 0 Å². The van der Waals surface area contributed by atoms with Crippen LogP contribution in [0.2, 0.25) is 0 Å². The topological polar surface area (TPSA) is 41.6 Å². The van der Waals surface area contributed by atoms with E-state index in [2.05, 4.69) is 31.3 Å². The lowest BCUT2D eigenvalue weighted by molar-refractivity contribution is -0.133. The molecule has 116 valence electrons. The Labute approximate surface area is 127 Å². The van der Waals surface area contributed by atoms with Crippen molar-refractivity contribution in [2.24, 2.45) is 0 Å². The molecule has 1 fully saturated rings. The molecule has 0 spiro atoms. The van der Waals surface area contributed by atoms with Crippen LogP contribution in [0.3, 0.4) is 0 Å². The average molecular weight is 290 g/mol. The monoisotopic (exact) mass is 290 g/mol. The first-order valence-electron chi connectivity index (χ1n) is 7.85. The maximum atomic E-state index is 12.8. The van der Waals surface area contributed by atoms with Crippen LogP contribution in [0.5, 0.6) is 0 Å². The third-order valence-corrected chi connectivity index (χ3v) is 4.11. The predicted octanol–water partition coefficient (Wildman–Crippen LogP) is 2.71. The molecule has 4 nitrogen and oxygen atoms in total. The van der Waals surface area contributed by atoms with Crippen molar-refractivity contribution in [3.63, 3.8) is 0 Å². The number of nitrogens with one attached hydrogen (secondary N) is 1. The number of hydrogen-bond acceptors (Lipinski definition) is 3. The Morgan fingerprint density at radius 1 is 1.29 bits per heavy atom. The summed E-state index contributed by atoms with van der Waals surface area (Å²) in [6.45, 7) is 4.79. The Kier molecular flexibility index (Phi) is 5.76. The van der Waals surface area contributed by atoms with Crippen LogP contribution >= 0.6 is 0 Å². The van der Waals surface area contributed by atoms with Gasteiger partial charge in [0, 0.05) is 7.11 Å². The first kappa shape index (κ1) is 16.0. The molecule has 1 saturated heterocycles. The van der Waals surface area contributed by atoms with Gasteiger partial charge in [-0.1, -0.05) is 50.6 Å². The number of hydrogen-bond donors (Lipinski definition) is 1. The molecule has 1 aliphatic heterocycles. The van der Waals surface area contributed by atoms with Gasteiger partial charge in [-0.25, -0.2) is 0 Å². The number of benzene rings is 1. The summed E-state index contributed by atoms with van der Waals surface area (Å²) in [5, 5.41) is 3.50. The lowest BCUT2D eigenvalue weighted by atomic mass is 10.1. The molecule has 0 saturated carbocycles. The maximum absolute atomic E-state index is 12.8. The standard InChI is InChI=1S/C17H26N2O2/c1-4-9-15-17(20)19(14(5-2)12-21-3)16(18-15)13-10-7-6-8-11-13/h6-8,10-11,14-16,18H,4-5,9,12H2,1-3H3. The van der Waals surface area contributed by atoms with Gasteiger partial charge in [0.15, 0.2) is 0 Å². The SMILES string of the molecule is CCCC1NC(c2ccccc2)N(C(CC)COC)C1=O. The summed E-state index contributed by atoms with van der Waals surface area (Å²) < 4.78 is 5.31. The fraction of sp³-hybridized carbons (Fsp3) is 0.588. The van der Waals surface area contributed by atoms with E-state index in [1.807, 2.05) is 23.1 Å². The zero-order valence-electron chi connectivity index (χ0n) is 13.2. The van der Waals surface area contributed by atoms with Crippen LogP contribution in [0, 0.1) is 0 Å². The van der Waals surface area contributed by atoms with Crippen molar-refractivity contribution in [2.45, 2.75) is 51.4 Å². The number of ether oxygens (including phenoxy) is 1. The summed E-state index contributed by atoms with van der Waals surface area (Å²) in [6.07, 6.45) is 2.72. The number of carbonyl (C=O) groups is 1. The fourth-order valence-electron chi connectivity index (χ4n) is 3.01. The molecule has 1 amide bonds. The molecule has 2 rings (SSSR count). The van der Waals surface area contributed by atoms with Gasteiger partial charge in [0.1, 0.15) is 6.17 Å². The first-order valence-corrected chi connectivity index (χ1v) is 7.85. The van der Waals surface area contributed by atoms with Gasteiger partial charge in [-0.3, -0.25) is 10.1 Å². The lowest BCUT2D eigenvalue weighted by Crippen LogP contribution is -2.42. The minimum Gasteiger partial charge on any atom is -0.383 e. The molecule has 1 aliphatic rings. The number of methoxy groups -OCH3 is 1. The minimum absolute atomic E-state index is 0.0460. The summed E-state index contributed by atoms with van der Waals surface area (Å²) in [7, 11) is 1.69. The highest BCUT2D eigenvalue weighted by Gasteiger charge is 2.42. The molecular formula is C17H26N2O2. The van der Waals surface area contributed by atoms with Crippen molar-refractivity contribution in [1.29, 1.82) is 0 Å². The quantitative estimate of drug-likeness (QED) is 0.839. The van der Waals surface area contributed by atoms with E-state index in [1.165, 1.54) is 0 Å². The van der Waals surface area contributed by atoms with E-state index < -0.39 is 0 Å². The molecule has 4 heteroatoms. The van der Waals surface area contributed by atoms with Gasteiger partial charge in [0.05, 0.1) is 18.7 Å². The summed E-state index contributed by atoms with van der Waals surface area (Å²) in [5.41, 5.74) is 1.14. The molecule has 1 heterocycles. The fourth-order valence-corrected chi connectivity index (χ4v) is 3.01. The summed E-state index contributed by atoms with van der Waals surface area (Å²) in [5.74, 6) is 0.203. The molecule has 3 unspecified atom stereocenters. The van der Waals surface area contributed by atoms with Crippen LogP contribution in [-0.2, 0) is 9.53 Å². The number of carbonyl (C=O) groups excluding carboxylic acids is 1. The molecule has 0 aromatic heterocycles. The second kappa shape index (κ2) is 7.57. The molecule has 0 bridgehead atoms. The zero-order chi connectivity index (χ0) is 15.2. The van der Waals surface area contributed by atoms with Crippen LogP contribution in [-0.4, -0.2) is 36.6 Å². The second-order valence-corrected chi connectivity index (χ2v) is 5.58. The highest BCUT2D eigenvalue weighted by atomic mass is 16.5. The van der Waals surface area contributed by atoms with Crippen molar-refractivity contribution in [3.05, 3.63) is 35.9 Å². The van der Waals surface area contributed by atoms with Crippen molar-refractivity contribution < 1.29 is 9.53 Å². The predicted molar refractivity (Wildman–Crippen MR) is 83.8 cm³/mol. The van der Waals surface area contributed by atoms with E-state index >= 15 is 0 Å².